The predicted octanol–water partition coefficient (Wildman–Crippen LogP) is 2.23. The summed E-state index contributed by atoms with van der Waals surface area (Å²) in [5.74, 6) is 0. The van der Waals surface area contributed by atoms with Gasteiger partial charge in [-0.15, -0.1) is 0 Å². The molecule has 0 fully saturated rings. The molecular weight excluding hydrogens is 218 g/mol. The zero-order valence-electron chi connectivity index (χ0n) is 8.55. The summed E-state index contributed by atoms with van der Waals surface area (Å²) < 4.78 is 0. The fourth-order valence-electron chi connectivity index (χ4n) is 1.73. The van der Waals surface area contributed by atoms with Gasteiger partial charge in [0.1, 0.15) is 0 Å². The van der Waals surface area contributed by atoms with Crippen molar-refractivity contribution in [3.05, 3.63) is 41.3 Å². The lowest BCUT2D eigenvalue weighted by Gasteiger charge is -2.20. The molecule has 4 N–H and O–H groups in total. The van der Waals surface area contributed by atoms with Gasteiger partial charge in [0.15, 0.2) is 0 Å². The van der Waals surface area contributed by atoms with Crippen molar-refractivity contribution in [1.29, 1.82) is 0 Å². The van der Waals surface area contributed by atoms with Crippen molar-refractivity contribution in [2.45, 2.75) is 10.9 Å². The van der Waals surface area contributed by atoms with Crippen LogP contribution in [0.4, 0.5) is 11.4 Å². The van der Waals surface area contributed by atoms with E-state index < -0.39 is 0 Å². The van der Waals surface area contributed by atoms with Crippen LogP contribution in [0.15, 0.2) is 51.2 Å². The number of nitrogen functional groups attached to an aromatic ring is 1. The van der Waals surface area contributed by atoms with Crippen LogP contribution < -0.4 is 11.5 Å². The highest BCUT2D eigenvalue weighted by atomic mass is 32.2. The van der Waals surface area contributed by atoms with E-state index in [-0.39, 0.29) is 6.04 Å². The third kappa shape index (κ3) is 1.56. The molecule has 0 bridgehead atoms. The molecular formula is C12H11N3S. The fraction of sp³-hybridized carbons (Fsp3) is 0.0833. The topological polar surface area (TPSA) is 64.4 Å². The van der Waals surface area contributed by atoms with Crippen molar-refractivity contribution in [2.75, 3.05) is 5.73 Å². The number of nitrogens with two attached hydrogens (primary N) is 2. The summed E-state index contributed by atoms with van der Waals surface area (Å²) in [5, 5.41) is 0. The molecule has 1 unspecified atom stereocenters. The molecule has 3 rings (SSSR count). The summed E-state index contributed by atoms with van der Waals surface area (Å²) in [6.07, 6.45) is 5.95. The van der Waals surface area contributed by atoms with Crippen molar-refractivity contribution in [3.8, 4) is 0 Å². The van der Waals surface area contributed by atoms with Crippen LogP contribution in [0.25, 0.3) is 0 Å². The molecule has 1 aromatic rings. The quantitative estimate of drug-likeness (QED) is 0.670. The Hall–Kier alpha value is -1.52. The van der Waals surface area contributed by atoms with Gasteiger partial charge in [-0.1, -0.05) is 17.8 Å². The van der Waals surface area contributed by atoms with E-state index in [1.165, 1.54) is 0 Å². The van der Waals surface area contributed by atoms with E-state index in [1.807, 2.05) is 36.4 Å². The zero-order chi connectivity index (χ0) is 11.1. The molecule has 1 aliphatic heterocycles. The molecule has 0 aromatic heterocycles. The maximum absolute atomic E-state index is 5.84. The predicted molar refractivity (Wildman–Crippen MR) is 69.0 cm³/mol. The van der Waals surface area contributed by atoms with Gasteiger partial charge in [-0.05, 0) is 30.4 Å². The van der Waals surface area contributed by atoms with Crippen molar-refractivity contribution < 1.29 is 0 Å². The van der Waals surface area contributed by atoms with Crippen LogP contribution in [-0.4, -0.2) is 11.8 Å². The third-order valence-corrected chi connectivity index (χ3v) is 3.63. The minimum absolute atomic E-state index is 0.0101. The normalized spacial score (nSPS) is 21.9. The molecule has 0 amide bonds. The standard InChI is InChI=1S/C12H11N3S/c13-7-1-3-9-11(5-7)16-12-6-8(14)2-4-10(12)15-9/h1-7H,13-14H2. The Balaban J connectivity index is 2.12. The van der Waals surface area contributed by atoms with Gasteiger partial charge in [0.25, 0.3) is 0 Å². The van der Waals surface area contributed by atoms with Gasteiger partial charge >= 0.3 is 0 Å². The van der Waals surface area contributed by atoms with E-state index in [9.17, 15) is 0 Å². The van der Waals surface area contributed by atoms with E-state index in [4.69, 9.17) is 11.5 Å². The number of fused-ring (bicyclic) bond motifs is 2. The summed E-state index contributed by atoms with van der Waals surface area (Å²) in [7, 11) is 0. The zero-order valence-corrected chi connectivity index (χ0v) is 9.37. The third-order valence-electron chi connectivity index (χ3n) is 2.52. The average Bonchev–Trinajstić information content (AvgIpc) is 2.26. The van der Waals surface area contributed by atoms with Gasteiger partial charge in [-0.25, -0.2) is 4.99 Å². The molecule has 0 saturated carbocycles. The molecule has 3 nitrogen and oxygen atoms in total. The van der Waals surface area contributed by atoms with Crippen molar-refractivity contribution in [2.24, 2.45) is 10.7 Å². The fourth-order valence-corrected chi connectivity index (χ4v) is 2.83. The maximum Gasteiger partial charge on any atom is 0.0778 e. The van der Waals surface area contributed by atoms with Crippen LogP contribution in [0.3, 0.4) is 0 Å². The Bertz CT molecular complexity index is 543. The molecule has 0 radical (unpaired) electrons. The minimum Gasteiger partial charge on any atom is -0.399 e. The Morgan fingerprint density at radius 3 is 3.06 bits per heavy atom. The van der Waals surface area contributed by atoms with E-state index in [0.29, 0.717) is 0 Å². The molecule has 0 saturated heterocycles. The van der Waals surface area contributed by atoms with Crippen LogP contribution in [0.5, 0.6) is 0 Å². The highest BCUT2D eigenvalue weighted by Gasteiger charge is 2.19. The monoisotopic (exact) mass is 229 g/mol. The number of hydrogen-bond donors (Lipinski definition) is 2. The van der Waals surface area contributed by atoms with Crippen molar-refractivity contribution in [1.82, 2.24) is 0 Å². The Kier molecular flexibility index (Phi) is 2.12. The van der Waals surface area contributed by atoms with Gasteiger partial charge < -0.3 is 11.5 Å². The van der Waals surface area contributed by atoms with Gasteiger partial charge in [-0.3, -0.25) is 0 Å². The van der Waals surface area contributed by atoms with Crippen LogP contribution in [0.1, 0.15) is 0 Å². The summed E-state index contributed by atoms with van der Waals surface area (Å²) in [6, 6.07) is 5.76. The number of nitrogens with zero attached hydrogens (tertiary/aromatic N) is 1. The van der Waals surface area contributed by atoms with Gasteiger partial charge in [-0.2, -0.15) is 0 Å². The van der Waals surface area contributed by atoms with E-state index in [1.54, 1.807) is 11.8 Å². The van der Waals surface area contributed by atoms with Crippen molar-refractivity contribution in [3.63, 3.8) is 0 Å². The summed E-state index contributed by atoms with van der Waals surface area (Å²) in [4.78, 5) is 6.79. The summed E-state index contributed by atoms with van der Waals surface area (Å²) in [5.41, 5.74) is 14.3. The number of benzene rings is 1. The van der Waals surface area contributed by atoms with Crippen LogP contribution in [0.2, 0.25) is 0 Å². The van der Waals surface area contributed by atoms with E-state index >= 15 is 0 Å². The highest BCUT2D eigenvalue weighted by molar-refractivity contribution is 8.04. The van der Waals surface area contributed by atoms with Gasteiger partial charge in [0, 0.05) is 21.5 Å². The molecule has 1 heterocycles. The molecule has 4 heteroatoms. The molecule has 1 aliphatic carbocycles. The number of rotatable bonds is 0. The Morgan fingerprint density at radius 2 is 2.19 bits per heavy atom. The Labute approximate surface area is 97.9 Å². The van der Waals surface area contributed by atoms with Crippen molar-refractivity contribution >= 4 is 28.8 Å². The van der Waals surface area contributed by atoms with E-state index in [2.05, 4.69) is 4.99 Å². The van der Waals surface area contributed by atoms with Crippen LogP contribution in [-0.2, 0) is 0 Å². The second-order valence-electron chi connectivity index (χ2n) is 3.79. The summed E-state index contributed by atoms with van der Waals surface area (Å²) >= 11 is 1.68. The SMILES string of the molecule is Nc1ccc2c(c1)SC1=CC(N)C=CC1=N2. The highest BCUT2D eigenvalue weighted by Crippen LogP contribution is 2.42. The smallest absolute Gasteiger partial charge is 0.0778 e. The first-order chi connectivity index (χ1) is 7.72. The second-order valence-corrected chi connectivity index (χ2v) is 4.88. The number of thioether (sulfide) groups is 1. The summed E-state index contributed by atoms with van der Waals surface area (Å²) in [6.45, 7) is 0. The van der Waals surface area contributed by atoms with Gasteiger partial charge in [0.05, 0.1) is 11.4 Å². The molecule has 1 atom stereocenters. The number of aliphatic imine (C=N–C) groups is 1. The number of allylic oxidation sites excluding steroid dienone is 2. The largest absolute Gasteiger partial charge is 0.399 e. The number of anilines is 1. The van der Waals surface area contributed by atoms with Gasteiger partial charge in [0.2, 0.25) is 0 Å². The Morgan fingerprint density at radius 1 is 1.31 bits per heavy atom. The molecule has 1 aromatic carbocycles. The lowest BCUT2D eigenvalue weighted by atomic mass is 10.1. The molecule has 80 valence electrons. The first-order valence-corrected chi connectivity index (χ1v) is 5.86. The first kappa shape index (κ1) is 9.69. The lowest BCUT2D eigenvalue weighted by Crippen LogP contribution is -2.19. The average molecular weight is 229 g/mol. The van der Waals surface area contributed by atoms with Crippen LogP contribution in [0, 0.1) is 0 Å². The van der Waals surface area contributed by atoms with E-state index in [0.717, 1.165) is 26.9 Å². The first-order valence-electron chi connectivity index (χ1n) is 5.04. The maximum atomic E-state index is 5.84. The molecule has 0 spiro atoms. The van der Waals surface area contributed by atoms with Crippen LogP contribution >= 0.6 is 11.8 Å². The minimum atomic E-state index is -0.0101. The second kappa shape index (κ2) is 3.50. The number of hydrogen-bond acceptors (Lipinski definition) is 4. The molecule has 2 aliphatic rings. The lowest BCUT2D eigenvalue weighted by molar-refractivity contribution is 1.02. The molecule has 16 heavy (non-hydrogen) atoms.